The van der Waals surface area contributed by atoms with Crippen LogP contribution < -0.4 is 36.4 Å². The van der Waals surface area contributed by atoms with Gasteiger partial charge >= 0.3 is 18.0 Å². The molecule has 0 saturated carbocycles. The molecule has 0 spiro atoms. The van der Waals surface area contributed by atoms with Crippen LogP contribution in [-0.4, -0.2) is 164 Å². The molecule has 8 heterocycles. The summed E-state index contributed by atoms with van der Waals surface area (Å²) in [5, 5.41) is 50.7. The molecular formula is C56H64N14O9S2. The lowest BCUT2D eigenvalue weighted by Crippen LogP contribution is -2.37. The number of benzene rings is 4. The van der Waals surface area contributed by atoms with Gasteiger partial charge < -0.3 is 66.1 Å². The van der Waals surface area contributed by atoms with E-state index in [1.165, 1.54) is 24.3 Å². The molecule has 4 aliphatic heterocycles. The number of aliphatic hydroxyl groups is 2. The van der Waals surface area contributed by atoms with Gasteiger partial charge in [0.2, 0.25) is 0 Å². The number of aromatic nitrogens is 6. The molecule has 4 aromatic heterocycles. The highest BCUT2D eigenvalue weighted by molar-refractivity contribution is 7.59. The number of ether oxygens (including phenoxy) is 2. The normalized spacial score (nSPS) is 16.6. The number of aliphatic hydroxyl groups excluding tert-OH is 2. The average molecular weight is 1140 g/mol. The predicted octanol–water partition coefficient (Wildman–Crippen LogP) is 6.23. The minimum atomic E-state index is -1.02. The molecule has 0 aliphatic carbocycles. The molecular weight excluding hydrogens is 1080 g/mol. The number of nitrogens with one attached hydrogen (secondary N) is 5. The van der Waals surface area contributed by atoms with E-state index in [9.17, 15) is 24.3 Å². The second-order valence-corrected chi connectivity index (χ2v) is 19.0. The van der Waals surface area contributed by atoms with Crippen LogP contribution in [0.15, 0.2) is 134 Å². The molecule has 12 rings (SSSR count). The van der Waals surface area contributed by atoms with Crippen LogP contribution >= 0.6 is 27.0 Å². The van der Waals surface area contributed by atoms with Gasteiger partial charge in [-0.05, 0) is 141 Å². The third kappa shape index (κ3) is 15.1. The number of carbonyl (C=O) groups is 4. The SMILES string of the molecule is O=C(Nc1ccc(C(=O)N2CC[C@H](O)C2)cc1)Nc1ccc(-c2nc(N3CCOCC3)c3cccn3n2)cc1.O=C(Nc1ccc(C(=O)O)cc1)Nc1ccc(-c2nc(N3CCOCC3)c3cccn3n2)cc1.O[C@H]1CCNC1.S.S. The van der Waals surface area contributed by atoms with Gasteiger partial charge in [0.1, 0.15) is 11.0 Å². The Morgan fingerprint density at radius 3 is 1.31 bits per heavy atom. The maximum atomic E-state index is 12.6. The number of likely N-dealkylation sites (tertiary alicyclic amines) is 1. The Labute approximate surface area is 480 Å². The first-order valence-corrected chi connectivity index (χ1v) is 26.0. The smallest absolute Gasteiger partial charge is 0.335 e. The summed E-state index contributed by atoms with van der Waals surface area (Å²) in [6.07, 6.45) is 4.80. The van der Waals surface area contributed by atoms with Gasteiger partial charge in [-0.15, -0.1) is 10.2 Å². The molecule has 23 nitrogen and oxygen atoms in total. The molecule has 4 fully saturated rings. The zero-order valence-electron chi connectivity index (χ0n) is 44.1. The fourth-order valence-electron chi connectivity index (χ4n) is 9.23. The van der Waals surface area contributed by atoms with Crippen molar-refractivity contribution in [3.63, 3.8) is 0 Å². The molecule has 0 unspecified atom stereocenters. The molecule has 5 amide bonds. The largest absolute Gasteiger partial charge is 0.478 e. The van der Waals surface area contributed by atoms with Crippen LogP contribution in [0, 0.1) is 0 Å². The van der Waals surface area contributed by atoms with Gasteiger partial charge in [-0.2, -0.15) is 27.0 Å². The van der Waals surface area contributed by atoms with E-state index in [0.717, 1.165) is 79.5 Å². The quantitative estimate of drug-likeness (QED) is 0.0754. The zero-order valence-corrected chi connectivity index (χ0v) is 46.1. The van der Waals surface area contributed by atoms with E-state index in [2.05, 4.69) is 46.6 Å². The van der Waals surface area contributed by atoms with E-state index in [1.807, 2.05) is 70.0 Å². The van der Waals surface area contributed by atoms with Crippen molar-refractivity contribution < 1.29 is 44.0 Å². The summed E-state index contributed by atoms with van der Waals surface area (Å²) < 4.78 is 14.6. The summed E-state index contributed by atoms with van der Waals surface area (Å²) >= 11 is 0. The predicted molar refractivity (Wildman–Crippen MR) is 319 cm³/mol. The van der Waals surface area contributed by atoms with Crippen molar-refractivity contribution in [3.8, 4) is 22.8 Å². The number of urea groups is 2. The average Bonchev–Trinajstić information content (AvgIpc) is 4.43. The maximum Gasteiger partial charge on any atom is 0.335 e. The van der Waals surface area contributed by atoms with E-state index in [1.54, 1.807) is 53.4 Å². The van der Waals surface area contributed by atoms with Crippen LogP contribution in [-0.2, 0) is 9.47 Å². The van der Waals surface area contributed by atoms with E-state index in [4.69, 9.17) is 29.7 Å². The molecule has 424 valence electrons. The fourth-order valence-corrected chi connectivity index (χ4v) is 9.23. The van der Waals surface area contributed by atoms with Gasteiger partial charge in [-0.25, -0.2) is 33.4 Å². The van der Waals surface area contributed by atoms with Crippen molar-refractivity contribution in [2.45, 2.75) is 25.0 Å². The van der Waals surface area contributed by atoms with Crippen LogP contribution in [0.1, 0.15) is 33.6 Å². The Hall–Kier alpha value is -8.30. The number of amides is 5. The van der Waals surface area contributed by atoms with Crippen molar-refractivity contribution in [1.29, 1.82) is 0 Å². The Bertz CT molecular complexity index is 3390. The number of carboxylic acid groups (broad SMARTS) is 1. The molecule has 25 heteroatoms. The minimum Gasteiger partial charge on any atom is -0.478 e. The molecule has 4 saturated heterocycles. The molecule has 4 aliphatic rings. The lowest BCUT2D eigenvalue weighted by molar-refractivity contribution is 0.0695. The molecule has 8 aromatic rings. The molecule has 2 atom stereocenters. The van der Waals surface area contributed by atoms with Gasteiger partial charge in [0, 0.05) is 97.6 Å². The van der Waals surface area contributed by atoms with Crippen LogP contribution in [0.25, 0.3) is 33.8 Å². The number of carbonyl (C=O) groups excluding carboxylic acids is 3. The number of hydrogen-bond donors (Lipinski definition) is 8. The Kier molecular flexibility index (Phi) is 20.1. The Balaban J connectivity index is 0.000000189. The van der Waals surface area contributed by atoms with Crippen molar-refractivity contribution in [2.24, 2.45) is 0 Å². The summed E-state index contributed by atoms with van der Waals surface area (Å²) in [6.45, 7) is 8.43. The zero-order chi connectivity index (χ0) is 54.7. The lowest BCUT2D eigenvalue weighted by atomic mass is 10.2. The van der Waals surface area contributed by atoms with Gasteiger partial charge in [0.05, 0.1) is 44.2 Å². The number of β-amino-alcohol motifs (C(OH)–C–C–N with tert-alkyl or cyclic N) is 2. The van der Waals surface area contributed by atoms with E-state index in [0.29, 0.717) is 85.9 Å². The van der Waals surface area contributed by atoms with Gasteiger partial charge in [-0.3, -0.25) is 4.79 Å². The van der Waals surface area contributed by atoms with Crippen LogP contribution in [0.5, 0.6) is 0 Å². The number of rotatable bonds is 10. The molecule has 0 bridgehead atoms. The molecule has 81 heavy (non-hydrogen) atoms. The third-order valence-electron chi connectivity index (χ3n) is 13.4. The first kappa shape index (κ1) is 58.8. The summed E-state index contributed by atoms with van der Waals surface area (Å²) in [5.41, 5.74) is 6.47. The Morgan fingerprint density at radius 1 is 0.531 bits per heavy atom. The maximum absolute atomic E-state index is 12.6. The van der Waals surface area contributed by atoms with Crippen molar-refractivity contribution in [2.75, 3.05) is 110 Å². The highest BCUT2D eigenvalue weighted by atomic mass is 32.1. The second-order valence-electron chi connectivity index (χ2n) is 19.0. The van der Waals surface area contributed by atoms with Gasteiger partial charge in [-0.1, -0.05) is 0 Å². The van der Waals surface area contributed by atoms with E-state index >= 15 is 0 Å². The number of anilines is 6. The van der Waals surface area contributed by atoms with Crippen LogP contribution in [0.2, 0.25) is 0 Å². The van der Waals surface area contributed by atoms with Crippen molar-refractivity contribution >= 4 is 96.3 Å². The van der Waals surface area contributed by atoms with Crippen LogP contribution in [0.3, 0.4) is 0 Å². The number of morpholine rings is 2. The lowest BCUT2D eigenvalue weighted by Gasteiger charge is -2.28. The summed E-state index contributed by atoms with van der Waals surface area (Å²) in [6, 6.07) is 34.3. The second kappa shape index (κ2) is 27.7. The number of fused-ring (bicyclic) bond motifs is 2. The van der Waals surface area contributed by atoms with E-state index in [-0.39, 0.29) is 44.6 Å². The van der Waals surface area contributed by atoms with Crippen molar-refractivity contribution in [1.82, 2.24) is 39.4 Å². The standard InChI is InChI=1S/C28H29N7O4.C24H22N6O4.C4H9NO.2H2S/c36-23-11-13-34(18-23)27(37)20-5-9-22(10-6-20)30-28(38)29-21-7-3-19(4-8-21)25-31-26(33-14-16-39-17-15-33)24-2-1-12-35(24)32-25;31-23(32)17-5-9-19(10-6-17)26-24(33)25-18-7-3-16(4-8-18)21-27-22(29-12-14-34-15-13-29)20-2-1-11-30(20)28-21;6-4-1-2-5-3-4;;/h1-10,12,23,36H,11,13-18H2,(H2,29,30,38);1-11H,12-15H2,(H,31,32)(H2,25,26,33);4-6H,1-3H2;2*1H2/t23-;;4-;;/m0.0../s1. The highest BCUT2D eigenvalue weighted by Gasteiger charge is 2.26. The summed E-state index contributed by atoms with van der Waals surface area (Å²) in [7, 11) is 0. The Morgan fingerprint density at radius 2 is 0.951 bits per heavy atom. The first-order chi connectivity index (χ1) is 38.5. The molecule has 8 N–H and O–H groups in total. The van der Waals surface area contributed by atoms with Crippen LogP contribution in [0.4, 0.5) is 44.0 Å². The summed E-state index contributed by atoms with van der Waals surface area (Å²) in [5.74, 6) is 1.77. The highest BCUT2D eigenvalue weighted by Crippen LogP contribution is 2.28. The molecule has 4 aromatic carbocycles. The topological polar surface area (TPSA) is 278 Å². The first-order valence-electron chi connectivity index (χ1n) is 26.0. The third-order valence-corrected chi connectivity index (χ3v) is 13.4. The minimum absolute atomic E-state index is 0. The monoisotopic (exact) mass is 1140 g/mol. The number of carboxylic acids is 1. The number of nitrogens with zero attached hydrogens (tertiary/aromatic N) is 9. The molecule has 0 radical (unpaired) electrons. The number of hydrogen-bond acceptors (Lipinski definition) is 15. The fraction of sp³-hybridized carbons (Fsp3) is 0.286. The van der Waals surface area contributed by atoms with Crippen molar-refractivity contribution in [3.05, 3.63) is 145 Å². The van der Waals surface area contributed by atoms with Gasteiger partial charge in [0.15, 0.2) is 23.3 Å². The van der Waals surface area contributed by atoms with E-state index < -0.39 is 24.1 Å². The summed E-state index contributed by atoms with van der Waals surface area (Å²) in [4.78, 5) is 64.1. The van der Waals surface area contributed by atoms with Gasteiger partial charge in [0.25, 0.3) is 5.91 Å². The number of aromatic carboxylic acids is 1.